The van der Waals surface area contributed by atoms with Crippen LogP contribution >= 0.6 is 0 Å². The molecule has 78 valence electrons. The van der Waals surface area contributed by atoms with Crippen LogP contribution in [-0.4, -0.2) is 6.04 Å². The van der Waals surface area contributed by atoms with E-state index in [1.54, 1.807) is 0 Å². The summed E-state index contributed by atoms with van der Waals surface area (Å²) < 4.78 is 0. The van der Waals surface area contributed by atoms with Crippen LogP contribution in [0, 0.1) is 17.3 Å². The number of hydrogen-bond donors (Lipinski definition) is 1. The minimum atomic E-state index is 0.468. The van der Waals surface area contributed by atoms with Crippen LogP contribution in [0.15, 0.2) is 0 Å². The Kier molecular flexibility index (Phi) is 3.39. The molecule has 2 N–H and O–H groups in total. The lowest BCUT2D eigenvalue weighted by molar-refractivity contribution is 0.166. The van der Waals surface area contributed by atoms with Crippen LogP contribution in [-0.2, 0) is 0 Å². The van der Waals surface area contributed by atoms with Gasteiger partial charge in [0, 0.05) is 6.04 Å². The molecule has 3 unspecified atom stereocenters. The molecule has 1 rings (SSSR count). The molecule has 0 aromatic carbocycles. The van der Waals surface area contributed by atoms with Crippen molar-refractivity contribution in [1.29, 1.82) is 0 Å². The fraction of sp³-hybridized carbons (Fsp3) is 1.00. The van der Waals surface area contributed by atoms with Crippen molar-refractivity contribution in [2.75, 3.05) is 0 Å². The van der Waals surface area contributed by atoms with E-state index in [0.29, 0.717) is 11.5 Å². The van der Waals surface area contributed by atoms with E-state index in [-0.39, 0.29) is 0 Å². The molecule has 0 radical (unpaired) electrons. The zero-order chi connectivity index (χ0) is 10.1. The predicted octanol–water partition coefficient (Wildman–Crippen LogP) is 3.19. The van der Waals surface area contributed by atoms with E-state index in [4.69, 9.17) is 5.73 Å². The Balaban J connectivity index is 2.47. The first-order chi connectivity index (χ1) is 5.88. The maximum atomic E-state index is 6.01. The van der Waals surface area contributed by atoms with Crippen LogP contribution in [0.5, 0.6) is 0 Å². The lowest BCUT2D eigenvalue weighted by Gasteiger charge is -2.36. The standard InChI is InChI=1S/C12H25N/c1-9-5-6-11(13)7-10(9)8-12(2,3)4/h9-11H,5-8,13H2,1-4H3. The number of hydrogen-bond acceptors (Lipinski definition) is 1. The summed E-state index contributed by atoms with van der Waals surface area (Å²) in [6.45, 7) is 9.39. The molecular formula is C12H25N. The summed E-state index contributed by atoms with van der Waals surface area (Å²) in [5, 5.41) is 0. The molecule has 1 aliphatic carbocycles. The topological polar surface area (TPSA) is 26.0 Å². The lowest BCUT2D eigenvalue weighted by Crippen LogP contribution is -2.34. The molecule has 0 bridgehead atoms. The summed E-state index contributed by atoms with van der Waals surface area (Å²) in [6, 6.07) is 0.476. The monoisotopic (exact) mass is 183 g/mol. The smallest absolute Gasteiger partial charge is 0.00416 e. The highest BCUT2D eigenvalue weighted by molar-refractivity contribution is 4.82. The summed E-state index contributed by atoms with van der Waals surface area (Å²) in [5.41, 5.74) is 6.47. The van der Waals surface area contributed by atoms with Gasteiger partial charge in [-0.15, -0.1) is 0 Å². The Labute approximate surface area is 83.1 Å². The molecule has 1 heteroatoms. The number of nitrogens with two attached hydrogens (primary N) is 1. The molecule has 1 nitrogen and oxygen atoms in total. The summed E-state index contributed by atoms with van der Waals surface area (Å²) >= 11 is 0. The molecule has 0 saturated heterocycles. The Morgan fingerprint density at radius 3 is 2.38 bits per heavy atom. The van der Waals surface area contributed by atoms with Gasteiger partial charge in [0.1, 0.15) is 0 Å². The first-order valence-electron chi connectivity index (χ1n) is 5.64. The Bertz CT molecular complexity index is 157. The molecule has 3 atom stereocenters. The zero-order valence-corrected chi connectivity index (χ0v) is 9.64. The fourth-order valence-corrected chi connectivity index (χ4v) is 2.52. The Morgan fingerprint density at radius 2 is 1.85 bits per heavy atom. The normalized spacial score (nSPS) is 36.2. The van der Waals surface area contributed by atoms with Crippen molar-refractivity contribution in [2.45, 2.75) is 59.4 Å². The molecule has 0 aliphatic heterocycles. The molecule has 13 heavy (non-hydrogen) atoms. The second-order valence-electron chi connectivity index (χ2n) is 6.08. The van der Waals surface area contributed by atoms with Gasteiger partial charge in [0.15, 0.2) is 0 Å². The Hall–Kier alpha value is -0.0400. The first kappa shape index (κ1) is 11.0. The van der Waals surface area contributed by atoms with Gasteiger partial charge in [-0.2, -0.15) is 0 Å². The van der Waals surface area contributed by atoms with E-state index < -0.39 is 0 Å². The van der Waals surface area contributed by atoms with E-state index >= 15 is 0 Å². The molecule has 1 aliphatic rings. The first-order valence-corrected chi connectivity index (χ1v) is 5.64. The Morgan fingerprint density at radius 1 is 1.23 bits per heavy atom. The third-order valence-corrected chi connectivity index (χ3v) is 3.28. The molecule has 0 aromatic rings. The summed E-state index contributed by atoms with van der Waals surface area (Å²) in [4.78, 5) is 0. The second kappa shape index (κ2) is 4.00. The fourth-order valence-electron chi connectivity index (χ4n) is 2.52. The van der Waals surface area contributed by atoms with Crippen LogP contribution in [0.3, 0.4) is 0 Å². The molecular weight excluding hydrogens is 158 g/mol. The van der Waals surface area contributed by atoms with Gasteiger partial charge >= 0.3 is 0 Å². The molecule has 0 amide bonds. The van der Waals surface area contributed by atoms with Gasteiger partial charge in [-0.05, 0) is 42.9 Å². The maximum Gasteiger partial charge on any atom is 0.00416 e. The minimum absolute atomic E-state index is 0.468. The highest BCUT2D eigenvalue weighted by atomic mass is 14.6. The van der Waals surface area contributed by atoms with Crippen molar-refractivity contribution in [1.82, 2.24) is 0 Å². The van der Waals surface area contributed by atoms with E-state index in [2.05, 4.69) is 27.7 Å². The third-order valence-electron chi connectivity index (χ3n) is 3.28. The third kappa shape index (κ3) is 3.68. The zero-order valence-electron chi connectivity index (χ0n) is 9.64. The van der Waals surface area contributed by atoms with Crippen LogP contribution in [0.1, 0.15) is 53.4 Å². The van der Waals surface area contributed by atoms with Gasteiger partial charge in [0.05, 0.1) is 0 Å². The number of rotatable bonds is 1. The SMILES string of the molecule is CC1CCC(N)CC1CC(C)(C)C. The van der Waals surface area contributed by atoms with E-state index in [1.165, 1.54) is 25.7 Å². The van der Waals surface area contributed by atoms with Crippen molar-refractivity contribution in [3.63, 3.8) is 0 Å². The van der Waals surface area contributed by atoms with Crippen LogP contribution in [0.25, 0.3) is 0 Å². The van der Waals surface area contributed by atoms with Gasteiger partial charge in [-0.3, -0.25) is 0 Å². The maximum absolute atomic E-state index is 6.01. The molecule has 0 aromatic heterocycles. The van der Waals surface area contributed by atoms with Gasteiger partial charge in [-0.25, -0.2) is 0 Å². The van der Waals surface area contributed by atoms with E-state index in [9.17, 15) is 0 Å². The average Bonchev–Trinajstić information content (AvgIpc) is 1.94. The van der Waals surface area contributed by atoms with Crippen molar-refractivity contribution >= 4 is 0 Å². The minimum Gasteiger partial charge on any atom is -0.328 e. The quantitative estimate of drug-likeness (QED) is 0.664. The summed E-state index contributed by atoms with van der Waals surface area (Å²) in [5.74, 6) is 1.75. The highest BCUT2D eigenvalue weighted by Gasteiger charge is 2.28. The second-order valence-corrected chi connectivity index (χ2v) is 6.08. The van der Waals surface area contributed by atoms with Gasteiger partial charge < -0.3 is 5.73 Å². The predicted molar refractivity (Wildman–Crippen MR) is 58.6 cm³/mol. The molecule has 0 spiro atoms. The lowest BCUT2D eigenvalue weighted by atomic mass is 9.71. The van der Waals surface area contributed by atoms with Crippen LogP contribution in [0.2, 0.25) is 0 Å². The molecule has 0 heterocycles. The van der Waals surface area contributed by atoms with E-state index in [0.717, 1.165) is 11.8 Å². The largest absolute Gasteiger partial charge is 0.328 e. The van der Waals surface area contributed by atoms with Crippen molar-refractivity contribution in [2.24, 2.45) is 23.0 Å². The van der Waals surface area contributed by atoms with Crippen molar-refractivity contribution in [3.8, 4) is 0 Å². The summed E-state index contributed by atoms with van der Waals surface area (Å²) in [7, 11) is 0. The van der Waals surface area contributed by atoms with Crippen LogP contribution < -0.4 is 5.73 Å². The van der Waals surface area contributed by atoms with Crippen LogP contribution in [0.4, 0.5) is 0 Å². The van der Waals surface area contributed by atoms with Gasteiger partial charge in [0.2, 0.25) is 0 Å². The molecule has 1 fully saturated rings. The van der Waals surface area contributed by atoms with Gasteiger partial charge in [-0.1, -0.05) is 27.7 Å². The van der Waals surface area contributed by atoms with E-state index in [1.807, 2.05) is 0 Å². The van der Waals surface area contributed by atoms with Crippen molar-refractivity contribution in [3.05, 3.63) is 0 Å². The summed E-state index contributed by atoms with van der Waals surface area (Å²) in [6.07, 6.45) is 5.16. The van der Waals surface area contributed by atoms with Gasteiger partial charge in [0.25, 0.3) is 0 Å². The average molecular weight is 183 g/mol. The van der Waals surface area contributed by atoms with Crippen molar-refractivity contribution < 1.29 is 0 Å². The highest BCUT2D eigenvalue weighted by Crippen LogP contribution is 2.37. The molecule has 1 saturated carbocycles.